The maximum absolute atomic E-state index is 11.4. The summed E-state index contributed by atoms with van der Waals surface area (Å²) in [4.78, 5) is 22.8. The van der Waals surface area contributed by atoms with Gasteiger partial charge in [0.2, 0.25) is 11.8 Å². The molecule has 4 N–H and O–H groups in total. The van der Waals surface area contributed by atoms with E-state index in [9.17, 15) is 9.59 Å². The molecule has 1 atom stereocenters. The van der Waals surface area contributed by atoms with E-state index in [1.54, 1.807) is 0 Å². The van der Waals surface area contributed by atoms with Crippen LogP contribution in [0.5, 0.6) is 0 Å². The molecule has 0 rings (SSSR count). The molecule has 0 saturated carbocycles. The molecule has 100 valence electrons. The molecule has 0 aromatic heterocycles. The maximum Gasteiger partial charge on any atom is 0.239 e. The standard InChI is InChI=1S/C12H25N3O2/c1-9(7-13)5-6-10(16)14-8-11(17)15-12(2,3)4/h9H,5-8,13H2,1-4H3,(H,14,16)(H,15,17). The predicted molar refractivity (Wildman–Crippen MR) is 68.4 cm³/mol. The van der Waals surface area contributed by atoms with E-state index in [1.807, 2.05) is 27.7 Å². The fourth-order valence-electron chi connectivity index (χ4n) is 1.23. The first-order chi connectivity index (χ1) is 7.74. The number of carbonyl (C=O) groups excluding carboxylic acids is 2. The molecule has 17 heavy (non-hydrogen) atoms. The smallest absolute Gasteiger partial charge is 0.239 e. The fraction of sp³-hybridized carbons (Fsp3) is 0.833. The Morgan fingerprint density at radius 3 is 2.29 bits per heavy atom. The molecule has 0 aliphatic rings. The van der Waals surface area contributed by atoms with Crippen molar-refractivity contribution in [2.24, 2.45) is 11.7 Å². The summed E-state index contributed by atoms with van der Waals surface area (Å²) in [6.45, 7) is 8.31. The number of amides is 2. The molecule has 0 aliphatic carbocycles. The number of rotatable bonds is 6. The van der Waals surface area contributed by atoms with Crippen LogP contribution in [0, 0.1) is 5.92 Å². The van der Waals surface area contributed by atoms with Crippen LogP contribution >= 0.6 is 0 Å². The van der Waals surface area contributed by atoms with Gasteiger partial charge in [-0.3, -0.25) is 9.59 Å². The Kier molecular flexibility index (Phi) is 6.80. The summed E-state index contributed by atoms with van der Waals surface area (Å²) in [6.07, 6.45) is 1.17. The summed E-state index contributed by atoms with van der Waals surface area (Å²) in [5.74, 6) is 0.0660. The van der Waals surface area contributed by atoms with Crippen LogP contribution in [0.1, 0.15) is 40.5 Å². The Hall–Kier alpha value is -1.10. The third kappa shape index (κ3) is 9.81. The van der Waals surface area contributed by atoms with Crippen LogP contribution in [0.4, 0.5) is 0 Å². The minimum atomic E-state index is -0.268. The molecule has 5 heteroatoms. The van der Waals surface area contributed by atoms with E-state index in [0.29, 0.717) is 18.9 Å². The topological polar surface area (TPSA) is 84.2 Å². The number of hydrogen-bond donors (Lipinski definition) is 3. The summed E-state index contributed by atoms with van der Waals surface area (Å²) in [7, 11) is 0. The Morgan fingerprint density at radius 1 is 1.24 bits per heavy atom. The Balaban J connectivity index is 3.74. The largest absolute Gasteiger partial charge is 0.350 e. The molecule has 5 nitrogen and oxygen atoms in total. The van der Waals surface area contributed by atoms with Crippen molar-refractivity contribution in [2.75, 3.05) is 13.1 Å². The number of nitrogens with one attached hydrogen (secondary N) is 2. The van der Waals surface area contributed by atoms with E-state index < -0.39 is 0 Å². The van der Waals surface area contributed by atoms with E-state index in [2.05, 4.69) is 10.6 Å². The van der Waals surface area contributed by atoms with Gasteiger partial charge in [-0.2, -0.15) is 0 Å². The lowest BCUT2D eigenvalue weighted by molar-refractivity contribution is -0.127. The fourth-order valence-corrected chi connectivity index (χ4v) is 1.23. The molecule has 0 aromatic rings. The third-order valence-electron chi connectivity index (χ3n) is 2.23. The average Bonchev–Trinajstić information content (AvgIpc) is 2.20. The highest BCUT2D eigenvalue weighted by atomic mass is 16.2. The Bertz CT molecular complexity index is 259. The van der Waals surface area contributed by atoms with Crippen LogP contribution in [-0.4, -0.2) is 30.4 Å². The molecule has 1 unspecified atom stereocenters. The van der Waals surface area contributed by atoms with Crippen molar-refractivity contribution < 1.29 is 9.59 Å². The number of hydrogen-bond acceptors (Lipinski definition) is 3. The van der Waals surface area contributed by atoms with Crippen molar-refractivity contribution >= 4 is 11.8 Å². The van der Waals surface area contributed by atoms with Crippen molar-refractivity contribution in [2.45, 2.75) is 46.1 Å². The molecule has 0 radical (unpaired) electrons. The van der Waals surface area contributed by atoms with Gasteiger partial charge in [-0.15, -0.1) is 0 Å². The van der Waals surface area contributed by atoms with Gasteiger partial charge in [0.1, 0.15) is 0 Å². The second kappa shape index (κ2) is 7.27. The molecule has 0 heterocycles. The zero-order valence-electron chi connectivity index (χ0n) is 11.3. The van der Waals surface area contributed by atoms with E-state index in [-0.39, 0.29) is 23.9 Å². The molecule has 0 aromatic carbocycles. The quantitative estimate of drug-likeness (QED) is 0.631. The highest BCUT2D eigenvalue weighted by Crippen LogP contribution is 2.02. The average molecular weight is 243 g/mol. The number of nitrogens with two attached hydrogens (primary N) is 1. The lowest BCUT2D eigenvalue weighted by Crippen LogP contribution is -2.45. The van der Waals surface area contributed by atoms with Crippen molar-refractivity contribution in [3.05, 3.63) is 0 Å². The predicted octanol–water partition coefficient (Wildman–Crippen LogP) is 0.392. The van der Waals surface area contributed by atoms with Crippen LogP contribution in [0.15, 0.2) is 0 Å². The first-order valence-electron chi connectivity index (χ1n) is 6.02. The first kappa shape index (κ1) is 15.9. The Labute approximate surface area is 104 Å². The van der Waals surface area contributed by atoms with Gasteiger partial charge in [-0.05, 0) is 39.7 Å². The van der Waals surface area contributed by atoms with E-state index in [1.165, 1.54) is 0 Å². The van der Waals surface area contributed by atoms with Gasteiger partial charge in [-0.1, -0.05) is 6.92 Å². The highest BCUT2D eigenvalue weighted by Gasteiger charge is 2.14. The van der Waals surface area contributed by atoms with Crippen LogP contribution in [0.3, 0.4) is 0 Å². The third-order valence-corrected chi connectivity index (χ3v) is 2.23. The normalized spacial score (nSPS) is 13.0. The summed E-state index contributed by atoms with van der Waals surface area (Å²) in [5, 5.41) is 5.37. The molecular weight excluding hydrogens is 218 g/mol. The molecular formula is C12H25N3O2. The summed E-state index contributed by atoms with van der Waals surface area (Å²) < 4.78 is 0. The number of carbonyl (C=O) groups is 2. The van der Waals surface area contributed by atoms with Gasteiger partial charge < -0.3 is 16.4 Å². The summed E-state index contributed by atoms with van der Waals surface area (Å²) in [5.41, 5.74) is 5.19. The van der Waals surface area contributed by atoms with Gasteiger partial charge >= 0.3 is 0 Å². The van der Waals surface area contributed by atoms with E-state index in [4.69, 9.17) is 5.73 Å². The van der Waals surface area contributed by atoms with Crippen molar-refractivity contribution in [1.82, 2.24) is 10.6 Å². The van der Waals surface area contributed by atoms with Gasteiger partial charge in [0.05, 0.1) is 6.54 Å². The van der Waals surface area contributed by atoms with Crippen molar-refractivity contribution in [3.8, 4) is 0 Å². The molecule has 2 amide bonds. The van der Waals surface area contributed by atoms with E-state index >= 15 is 0 Å². The van der Waals surface area contributed by atoms with Gasteiger partial charge in [0, 0.05) is 12.0 Å². The first-order valence-corrected chi connectivity index (χ1v) is 6.02. The zero-order chi connectivity index (χ0) is 13.5. The van der Waals surface area contributed by atoms with E-state index in [0.717, 1.165) is 6.42 Å². The van der Waals surface area contributed by atoms with Gasteiger partial charge in [-0.25, -0.2) is 0 Å². The van der Waals surface area contributed by atoms with Gasteiger partial charge in [0.25, 0.3) is 0 Å². The monoisotopic (exact) mass is 243 g/mol. The highest BCUT2D eigenvalue weighted by molar-refractivity contribution is 5.84. The molecule has 0 aliphatic heterocycles. The SMILES string of the molecule is CC(CN)CCC(=O)NCC(=O)NC(C)(C)C. The van der Waals surface area contributed by atoms with Gasteiger partial charge in [0.15, 0.2) is 0 Å². The van der Waals surface area contributed by atoms with Crippen molar-refractivity contribution in [3.63, 3.8) is 0 Å². The molecule has 0 bridgehead atoms. The van der Waals surface area contributed by atoms with Crippen LogP contribution in [0.2, 0.25) is 0 Å². The second-order valence-corrected chi connectivity index (χ2v) is 5.45. The lowest BCUT2D eigenvalue weighted by atomic mass is 10.1. The second-order valence-electron chi connectivity index (χ2n) is 5.45. The molecule has 0 fully saturated rings. The van der Waals surface area contributed by atoms with Crippen molar-refractivity contribution in [1.29, 1.82) is 0 Å². The van der Waals surface area contributed by atoms with Crippen LogP contribution in [0.25, 0.3) is 0 Å². The lowest BCUT2D eigenvalue weighted by Gasteiger charge is -2.20. The molecule has 0 saturated heterocycles. The molecule has 0 spiro atoms. The Morgan fingerprint density at radius 2 is 1.82 bits per heavy atom. The maximum atomic E-state index is 11.4. The minimum absolute atomic E-state index is 0.0348. The summed E-state index contributed by atoms with van der Waals surface area (Å²) >= 11 is 0. The zero-order valence-corrected chi connectivity index (χ0v) is 11.3. The summed E-state index contributed by atoms with van der Waals surface area (Å²) in [6, 6.07) is 0. The van der Waals surface area contributed by atoms with Crippen LogP contribution < -0.4 is 16.4 Å². The van der Waals surface area contributed by atoms with Crippen LogP contribution in [-0.2, 0) is 9.59 Å². The minimum Gasteiger partial charge on any atom is -0.350 e.